The Bertz CT molecular complexity index is 1230. The molecule has 0 atom stereocenters. The number of aliphatic imine (C=N–C) groups is 1. The Morgan fingerprint density at radius 3 is 2.61 bits per heavy atom. The van der Waals surface area contributed by atoms with E-state index in [1.165, 1.54) is 6.07 Å². The van der Waals surface area contributed by atoms with Crippen molar-refractivity contribution in [2.24, 2.45) is 4.99 Å². The first kappa shape index (κ1) is 18.3. The molecule has 0 bridgehead atoms. The van der Waals surface area contributed by atoms with Gasteiger partial charge in [-0.25, -0.2) is 4.98 Å². The second-order valence-electron chi connectivity index (χ2n) is 6.63. The number of hydrogen-bond donors (Lipinski definition) is 2. The summed E-state index contributed by atoms with van der Waals surface area (Å²) < 4.78 is 6.39. The molecule has 5 nitrogen and oxygen atoms in total. The molecule has 6 heteroatoms. The maximum absolute atomic E-state index is 10.4. The van der Waals surface area contributed by atoms with Crippen LogP contribution in [0.5, 0.6) is 11.5 Å². The third kappa shape index (κ3) is 3.51. The topological polar surface area (TPSA) is 78.9 Å². The van der Waals surface area contributed by atoms with Gasteiger partial charge in [-0.05, 0) is 77.3 Å². The minimum absolute atomic E-state index is 0.0209. The number of phenolic OH excluding ortho intramolecular Hbond substituents is 2. The van der Waals surface area contributed by atoms with Crippen molar-refractivity contribution >= 4 is 38.9 Å². The number of nitrogens with zero attached hydrogens (tertiary/aromatic N) is 2. The number of benzene rings is 3. The maximum atomic E-state index is 10.4. The highest BCUT2D eigenvalue weighted by Gasteiger charge is 2.13. The van der Waals surface area contributed by atoms with Crippen LogP contribution < -0.4 is 0 Å². The number of aromatic hydroxyl groups is 2. The fourth-order valence-electron chi connectivity index (χ4n) is 2.93. The van der Waals surface area contributed by atoms with Crippen LogP contribution >= 0.6 is 15.9 Å². The van der Waals surface area contributed by atoms with Crippen molar-refractivity contribution in [2.45, 2.75) is 13.8 Å². The first-order valence-electron chi connectivity index (χ1n) is 8.64. The van der Waals surface area contributed by atoms with Gasteiger partial charge in [-0.1, -0.05) is 6.07 Å². The highest BCUT2D eigenvalue weighted by Crippen LogP contribution is 2.34. The average molecular weight is 437 g/mol. The van der Waals surface area contributed by atoms with Gasteiger partial charge >= 0.3 is 0 Å². The molecule has 4 rings (SSSR count). The van der Waals surface area contributed by atoms with Gasteiger partial charge in [0.25, 0.3) is 0 Å². The molecule has 1 heterocycles. The van der Waals surface area contributed by atoms with Crippen LogP contribution in [0, 0.1) is 13.8 Å². The summed E-state index contributed by atoms with van der Waals surface area (Å²) in [6, 6.07) is 14.4. The van der Waals surface area contributed by atoms with E-state index in [0.717, 1.165) is 16.6 Å². The lowest BCUT2D eigenvalue weighted by Crippen LogP contribution is -1.86. The molecule has 0 aliphatic heterocycles. The van der Waals surface area contributed by atoms with Crippen molar-refractivity contribution in [3.63, 3.8) is 0 Å². The van der Waals surface area contributed by atoms with Crippen LogP contribution in [0.3, 0.4) is 0 Å². The molecular weight excluding hydrogens is 420 g/mol. The van der Waals surface area contributed by atoms with Crippen molar-refractivity contribution in [3.8, 4) is 23.0 Å². The third-order valence-corrected chi connectivity index (χ3v) is 4.95. The Morgan fingerprint density at radius 1 is 1.00 bits per heavy atom. The molecule has 0 saturated heterocycles. The standard InChI is InChI=1S/C22H17BrN2O3/c1-12-3-6-18-20(9-12)28-22(25-18)16-5-4-15(10-19(16)26)24-11-14-7-13(2)8-17(23)21(14)27/h3-11,26-27H,1-2H3. The molecule has 4 aromatic rings. The molecular formula is C22H17BrN2O3. The van der Waals surface area contributed by atoms with Crippen LogP contribution in [0.1, 0.15) is 16.7 Å². The van der Waals surface area contributed by atoms with Crippen molar-refractivity contribution in [1.29, 1.82) is 0 Å². The van der Waals surface area contributed by atoms with Crippen LogP contribution in [0.4, 0.5) is 5.69 Å². The van der Waals surface area contributed by atoms with E-state index >= 15 is 0 Å². The van der Waals surface area contributed by atoms with Gasteiger partial charge in [0.2, 0.25) is 5.89 Å². The number of fused-ring (bicyclic) bond motifs is 1. The summed E-state index contributed by atoms with van der Waals surface area (Å²) in [5, 5.41) is 20.6. The molecule has 1 aromatic heterocycles. The second kappa shape index (κ2) is 7.13. The second-order valence-corrected chi connectivity index (χ2v) is 7.49. The zero-order chi connectivity index (χ0) is 19.8. The van der Waals surface area contributed by atoms with Crippen molar-refractivity contribution in [3.05, 3.63) is 69.7 Å². The summed E-state index contributed by atoms with van der Waals surface area (Å²) in [7, 11) is 0. The van der Waals surface area contributed by atoms with Crippen molar-refractivity contribution < 1.29 is 14.6 Å². The van der Waals surface area contributed by atoms with Gasteiger partial charge in [-0.2, -0.15) is 0 Å². The molecule has 140 valence electrons. The summed E-state index contributed by atoms with van der Waals surface area (Å²) in [5.41, 5.74) is 5.12. The summed E-state index contributed by atoms with van der Waals surface area (Å²) in [5.74, 6) is 0.499. The van der Waals surface area contributed by atoms with E-state index in [-0.39, 0.29) is 11.5 Å². The molecule has 0 aliphatic carbocycles. The van der Waals surface area contributed by atoms with E-state index in [1.807, 2.05) is 44.2 Å². The fourth-order valence-corrected chi connectivity index (χ4v) is 3.52. The number of aryl methyl sites for hydroxylation is 2. The SMILES string of the molecule is Cc1cc(Br)c(O)c(C=Nc2ccc(-c3nc4ccc(C)cc4o3)c(O)c2)c1. The molecule has 3 aromatic carbocycles. The Hall–Kier alpha value is -3.12. The smallest absolute Gasteiger partial charge is 0.231 e. The van der Waals surface area contributed by atoms with Crippen LogP contribution in [0.2, 0.25) is 0 Å². The Balaban J connectivity index is 1.66. The lowest BCUT2D eigenvalue weighted by atomic mass is 10.1. The summed E-state index contributed by atoms with van der Waals surface area (Å²) in [4.78, 5) is 8.79. The van der Waals surface area contributed by atoms with Crippen LogP contribution in [-0.4, -0.2) is 21.4 Å². The van der Waals surface area contributed by atoms with E-state index in [9.17, 15) is 10.2 Å². The largest absolute Gasteiger partial charge is 0.507 e. The zero-order valence-electron chi connectivity index (χ0n) is 15.3. The quantitative estimate of drug-likeness (QED) is 0.383. The molecule has 0 spiro atoms. The summed E-state index contributed by atoms with van der Waals surface area (Å²) >= 11 is 3.32. The van der Waals surface area contributed by atoms with Crippen molar-refractivity contribution in [2.75, 3.05) is 0 Å². The van der Waals surface area contributed by atoms with E-state index in [0.29, 0.717) is 32.8 Å². The molecule has 0 unspecified atom stereocenters. The fraction of sp³-hybridized carbons (Fsp3) is 0.0909. The minimum atomic E-state index is 0.0209. The average Bonchev–Trinajstić information content (AvgIpc) is 3.06. The van der Waals surface area contributed by atoms with Gasteiger partial charge < -0.3 is 14.6 Å². The molecule has 0 fully saturated rings. The van der Waals surface area contributed by atoms with Crippen LogP contribution in [0.25, 0.3) is 22.6 Å². The predicted molar refractivity (Wildman–Crippen MR) is 114 cm³/mol. The molecule has 28 heavy (non-hydrogen) atoms. The Labute approximate surface area is 170 Å². The Morgan fingerprint density at radius 2 is 1.82 bits per heavy atom. The van der Waals surface area contributed by atoms with E-state index in [4.69, 9.17) is 4.42 Å². The van der Waals surface area contributed by atoms with Crippen LogP contribution in [0.15, 0.2) is 62.4 Å². The number of oxazole rings is 1. The number of rotatable bonds is 3. The normalized spacial score (nSPS) is 11.5. The molecule has 0 saturated carbocycles. The summed E-state index contributed by atoms with van der Waals surface area (Å²) in [6.45, 7) is 3.92. The van der Waals surface area contributed by atoms with Gasteiger partial charge in [0.05, 0.1) is 15.7 Å². The van der Waals surface area contributed by atoms with Crippen molar-refractivity contribution in [1.82, 2.24) is 4.98 Å². The molecule has 2 N–H and O–H groups in total. The van der Waals surface area contributed by atoms with Crippen LogP contribution in [-0.2, 0) is 0 Å². The predicted octanol–water partition coefficient (Wildman–Crippen LogP) is 6.04. The highest BCUT2D eigenvalue weighted by molar-refractivity contribution is 9.10. The first-order chi connectivity index (χ1) is 13.4. The zero-order valence-corrected chi connectivity index (χ0v) is 16.9. The number of phenols is 2. The van der Waals surface area contributed by atoms with Gasteiger partial charge in [0, 0.05) is 17.8 Å². The molecule has 0 amide bonds. The van der Waals surface area contributed by atoms with E-state index in [1.54, 1.807) is 18.3 Å². The lowest BCUT2D eigenvalue weighted by molar-refractivity contribution is 0.471. The molecule has 0 radical (unpaired) electrons. The lowest BCUT2D eigenvalue weighted by Gasteiger charge is -2.04. The van der Waals surface area contributed by atoms with Gasteiger partial charge in [0.15, 0.2) is 5.58 Å². The monoisotopic (exact) mass is 436 g/mol. The third-order valence-electron chi connectivity index (χ3n) is 4.35. The van der Waals surface area contributed by atoms with Gasteiger partial charge in [-0.3, -0.25) is 4.99 Å². The highest BCUT2D eigenvalue weighted by atomic mass is 79.9. The number of hydrogen-bond acceptors (Lipinski definition) is 5. The van der Waals surface area contributed by atoms with Gasteiger partial charge in [-0.15, -0.1) is 0 Å². The number of halogens is 1. The first-order valence-corrected chi connectivity index (χ1v) is 9.44. The van der Waals surface area contributed by atoms with E-state index in [2.05, 4.69) is 25.9 Å². The minimum Gasteiger partial charge on any atom is -0.507 e. The Kier molecular flexibility index (Phi) is 4.65. The molecule has 0 aliphatic rings. The van der Waals surface area contributed by atoms with E-state index < -0.39 is 0 Å². The maximum Gasteiger partial charge on any atom is 0.231 e. The summed E-state index contributed by atoms with van der Waals surface area (Å²) in [6.07, 6.45) is 1.56. The van der Waals surface area contributed by atoms with Gasteiger partial charge in [0.1, 0.15) is 17.0 Å². The number of aromatic nitrogens is 1.